The van der Waals surface area contributed by atoms with E-state index in [4.69, 9.17) is 48.2 Å². The third-order valence-corrected chi connectivity index (χ3v) is 22.8. The SMILES string of the molecule is C/C1=C2/NC(C(CC(N)=O)C2(C)CCC(=O)NCC(C)OP(=O)(O)OC2C(CO)OC(n3cnc4cc(C)c(C)cc43)C2O)C2(C)NC(/C(C)=C3\NC(/C=C4\NC1C(CCC(N)=O)C4(C)C)C(CCC(N)=O)C3(C)CC(N)=O)C(CCC(N)=O)C2(C)CC(N)=O. The molecule has 90 heavy (non-hydrogen) atoms. The van der Waals surface area contributed by atoms with Gasteiger partial charge in [-0.3, -0.25) is 42.6 Å². The van der Waals surface area contributed by atoms with Gasteiger partial charge in [0.25, 0.3) is 0 Å². The summed E-state index contributed by atoms with van der Waals surface area (Å²) < 4.78 is 32.3. The average Bonchev–Trinajstić information content (AvgIpc) is 1.53. The van der Waals surface area contributed by atoms with Crippen LogP contribution in [0, 0.1) is 59.2 Å². The zero-order valence-electron chi connectivity index (χ0n) is 53.6. The number of carbonyl (C=O) groups excluding carboxylic acids is 7. The Morgan fingerprint density at radius 3 is 1.91 bits per heavy atom. The summed E-state index contributed by atoms with van der Waals surface area (Å²) in [6.45, 7) is 20.1. The second-order valence-corrected chi connectivity index (χ2v) is 29.2. The highest BCUT2D eigenvalue weighted by molar-refractivity contribution is 7.47. The van der Waals surface area contributed by atoms with E-state index in [0.29, 0.717) is 28.8 Å². The zero-order chi connectivity index (χ0) is 66.7. The summed E-state index contributed by atoms with van der Waals surface area (Å²) in [6.07, 6.45) is -3.15. The van der Waals surface area contributed by atoms with E-state index in [1.807, 2.05) is 67.5 Å². The van der Waals surface area contributed by atoms with E-state index in [-0.39, 0.29) is 76.7 Å². The minimum Gasteiger partial charge on any atom is -0.394 e. The van der Waals surface area contributed by atoms with Crippen LogP contribution in [0.3, 0.4) is 0 Å². The molecule has 1 aromatic heterocycles. The Labute approximate surface area is 525 Å². The largest absolute Gasteiger partial charge is 0.472 e. The number of amides is 7. The lowest BCUT2D eigenvalue weighted by Gasteiger charge is -2.49. The number of aromatic nitrogens is 2. The smallest absolute Gasteiger partial charge is 0.394 e. The minimum absolute atomic E-state index is 0.0183. The van der Waals surface area contributed by atoms with Crippen molar-refractivity contribution in [3.05, 3.63) is 63.9 Å². The van der Waals surface area contributed by atoms with Crippen LogP contribution in [0.15, 0.2) is 52.8 Å². The quantitative estimate of drug-likeness (QED) is 0.0596. The molecule has 8 rings (SSSR count). The molecule has 2 aromatic rings. The summed E-state index contributed by atoms with van der Waals surface area (Å²) in [7, 11) is -5.05. The third kappa shape index (κ3) is 13.2. The number of benzene rings is 1. The van der Waals surface area contributed by atoms with Crippen molar-refractivity contribution in [3.63, 3.8) is 0 Å². The number of phosphoric ester groups is 1. The fraction of sp³-hybridized carbons (Fsp3) is 0.677. The number of aryl methyl sites for hydroxylation is 2. The number of primary amides is 6. The van der Waals surface area contributed by atoms with Gasteiger partial charge < -0.3 is 85.4 Å². The number of nitrogens with zero attached hydrogens (tertiary/aromatic N) is 2. The fourth-order valence-electron chi connectivity index (χ4n) is 16.7. The number of hydrogen-bond acceptors (Lipinski definition) is 18. The number of carbonyl (C=O) groups is 7. The predicted octanol–water partition coefficient (Wildman–Crippen LogP) is 1.71. The Hall–Kier alpha value is -6.45. The number of hydrogen-bond donors (Lipinski definition) is 14. The fourth-order valence-corrected chi connectivity index (χ4v) is 17.8. The molecule has 6 aliphatic heterocycles. The minimum atomic E-state index is -5.05. The third-order valence-electron chi connectivity index (χ3n) is 21.7. The summed E-state index contributed by atoms with van der Waals surface area (Å²) in [5.74, 6) is -6.20. The van der Waals surface area contributed by atoms with E-state index >= 15 is 0 Å². The van der Waals surface area contributed by atoms with Crippen LogP contribution in [0.2, 0.25) is 0 Å². The molecule has 18 atom stereocenters. The van der Waals surface area contributed by atoms with Gasteiger partial charge >= 0.3 is 7.82 Å². The Kier molecular flexibility index (Phi) is 20.0. The molecule has 20 N–H and O–H groups in total. The molecule has 0 radical (unpaired) electrons. The summed E-state index contributed by atoms with van der Waals surface area (Å²) in [5, 5.41) is 40.2. The van der Waals surface area contributed by atoms with Crippen LogP contribution >= 0.6 is 7.82 Å². The standard InChI is InChI=1S/C62H96N13O14P/c1-29-20-39-40(21-30(29)2)75(28-70-39)57-52(84)53(41(27-76)87-57)89-90(85,86)88-31(3)26-69-49(83)18-19-59(8)37(22-46(66)80)56-62(11)61(10,25-48(68)82)36(14-17-45(65)79)51(74-62)33(5)55-60(9,24-47(67)81)34(12-15-43(63)77)38(71-55)23-42-58(6,7)35(13-16-44(64)78)50(72-42)32(4)54(59)73-56/h20-21,23,28,31,34-38,41,50-53,56-57,71-74,76,84H,12-19,22,24-27H2,1-11H3,(H2,63,77)(H2,64,78)(H2,65,79)(H2,66,80)(H2,67,81)(H2,68,82)(H,69,83)(H,85,86)/b42-23-,54-32-,55-33-. The number of phosphoric acid groups is 1. The molecule has 5 saturated heterocycles. The monoisotopic (exact) mass is 1280 g/mol. The lowest BCUT2D eigenvalue weighted by atomic mass is 9.56. The average molecular weight is 1280 g/mol. The Balaban J connectivity index is 1.18. The second kappa shape index (κ2) is 25.9. The van der Waals surface area contributed by atoms with Crippen molar-refractivity contribution in [3.8, 4) is 0 Å². The molecular formula is C62H96N13O14P. The number of aliphatic hydroxyl groups excluding tert-OH is 2. The van der Waals surface area contributed by atoms with Crippen molar-refractivity contribution in [2.75, 3.05) is 13.2 Å². The van der Waals surface area contributed by atoms with Gasteiger partial charge in [0.05, 0.1) is 36.1 Å². The zero-order valence-corrected chi connectivity index (χ0v) is 54.5. The maximum absolute atomic E-state index is 14.4. The van der Waals surface area contributed by atoms with Crippen molar-refractivity contribution in [2.24, 2.45) is 79.7 Å². The number of fused-ring (bicyclic) bond motifs is 10. The first-order chi connectivity index (χ1) is 41.8. The number of nitrogens with one attached hydrogen (secondary N) is 5. The van der Waals surface area contributed by atoms with Gasteiger partial charge in [0.15, 0.2) is 6.23 Å². The van der Waals surface area contributed by atoms with E-state index < -0.39 is 156 Å². The number of allylic oxidation sites excluding steroid dienone is 3. The van der Waals surface area contributed by atoms with Crippen LogP contribution in [0.5, 0.6) is 0 Å². The van der Waals surface area contributed by atoms with Gasteiger partial charge in [-0.1, -0.05) is 34.6 Å². The van der Waals surface area contributed by atoms with Crippen LogP contribution in [0.25, 0.3) is 11.0 Å². The van der Waals surface area contributed by atoms with E-state index in [1.54, 1.807) is 4.57 Å². The van der Waals surface area contributed by atoms with Gasteiger partial charge in [0.2, 0.25) is 41.4 Å². The molecule has 498 valence electrons. The number of nitrogens with two attached hydrogens (primary N) is 6. The Morgan fingerprint density at radius 1 is 0.744 bits per heavy atom. The predicted molar refractivity (Wildman–Crippen MR) is 332 cm³/mol. The molecule has 6 aliphatic rings. The number of aliphatic hydroxyl groups is 2. The highest BCUT2D eigenvalue weighted by Crippen LogP contribution is 2.62. The van der Waals surface area contributed by atoms with Gasteiger partial charge in [-0.25, -0.2) is 9.55 Å². The lowest BCUT2D eigenvalue weighted by molar-refractivity contribution is -0.124. The number of imidazole rings is 1. The van der Waals surface area contributed by atoms with Crippen molar-refractivity contribution < 1.29 is 67.0 Å². The van der Waals surface area contributed by atoms with Crippen molar-refractivity contribution in [1.29, 1.82) is 0 Å². The molecule has 7 heterocycles. The van der Waals surface area contributed by atoms with Gasteiger partial charge in [0.1, 0.15) is 18.3 Å². The molecule has 28 heteroatoms. The molecule has 0 aliphatic carbocycles. The van der Waals surface area contributed by atoms with E-state index in [1.165, 1.54) is 13.3 Å². The molecule has 1 aromatic carbocycles. The summed E-state index contributed by atoms with van der Waals surface area (Å²) in [4.78, 5) is 109. The highest BCUT2D eigenvalue weighted by atomic mass is 31.2. The molecule has 8 bridgehead atoms. The van der Waals surface area contributed by atoms with Crippen LogP contribution < -0.4 is 61.0 Å². The van der Waals surface area contributed by atoms with Gasteiger partial charge in [0, 0.05) is 120 Å². The molecule has 18 unspecified atom stereocenters. The summed E-state index contributed by atoms with van der Waals surface area (Å²) in [5.41, 5.74) is 37.8. The second-order valence-electron chi connectivity index (χ2n) is 27.9. The maximum Gasteiger partial charge on any atom is 0.472 e. The molecule has 27 nitrogen and oxygen atoms in total. The van der Waals surface area contributed by atoms with E-state index in [0.717, 1.165) is 28.0 Å². The summed E-state index contributed by atoms with van der Waals surface area (Å²) in [6, 6.07) is 1.17. The van der Waals surface area contributed by atoms with Crippen LogP contribution in [0.1, 0.15) is 150 Å². The Bertz CT molecular complexity index is 3330. The van der Waals surface area contributed by atoms with Crippen molar-refractivity contribution in [1.82, 2.24) is 36.1 Å². The maximum atomic E-state index is 14.4. The molecule has 5 fully saturated rings. The van der Waals surface area contributed by atoms with Crippen molar-refractivity contribution >= 4 is 60.2 Å². The molecular weight excluding hydrogens is 1180 g/mol. The highest BCUT2D eigenvalue weighted by Gasteiger charge is 2.68. The lowest BCUT2D eigenvalue weighted by Crippen LogP contribution is -2.64. The normalized spacial score (nSPS) is 36.7. The molecule has 7 amide bonds. The molecule has 0 spiro atoms. The topological polar surface area (TPSA) is 459 Å². The Morgan fingerprint density at radius 2 is 1.32 bits per heavy atom. The first-order valence-electron chi connectivity index (χ1n) is 31.1. The van der Waals surface area contributed by atoms with Crippen LogP contribution in [-0.2, 0) is 51.9 Å². The number of rotatable bonds is 26. The van der Waals surface area contributed by atoms with E-state index in [2.05, 4.69) is 51.5 Å². The summed E-state index contributed by atoms with van der Waals surface area (Å²) >= 11 is 0. The molecule has 0 saturated carbocycles. The first kappa shape index (κ1) is 69.4. The van der Waals surface area contributed by atoms with Gasteiger partial charge in [-0.15, -0.1) is 0 Å². The van der Waals surface area contributed by atoms with Crippen LogP contribution in [-0.4, -0.2) is 133 Å². The first-order valence-corrected chi connectivity index (χ1v) is 32.6. The van der Waals surface area contributed by atoms with Gasteiger partial charge in [-0.05, 0) is 125 Å². The van der Waals surface area contributed by atoms with E-state index in [9.17, 15) is 53.2 Å². The van der Waals surface area contributed by atoms with Gasteiger partial charge in [-0.2, -0.15) is 0 Å². The number of ether oxygens (including phenoxy) is 1. The van der Waals surface area contributed by atoms with Crippen molar-refractivity contribution in [2.45, 2.75) is 207 Å². The van der Waals surface area contributed by atoms with Crippen LogP contribution in [0.4, 0.5) is 0 Å².